The van der Waals surface area contributed by atoms with Crippen molar-refractivity contribution in [3.8, 4) is 0 Å². The average Bonchev–Trinajstić information content (AvgIpc) is 2.73. The minimum Gasteiger partial charge on any atom is -0.422 e. The van der Waals surface area contributed by atoms with Crippen LogP contribution < -0.4 is 5.32 Å². The lowest BCUT2D eigenvalue weighted by molar-refractivity contribution is 0.357. The number of rotatable bonds is 6. The maximum absolute atomic E-state index is 11.7. The molecular weight excluding hydrogens is 254 g/mol. The summed E-state index contributed by atoms with van der Waals surface area (Å²) in [4.78, 5) is 0. The molecule has 0 saturated heterocycles. The molecule has 1 rings (SSSR count). The Balaban J connectivity index is 3.06. The summed E-state index contributed by atoms with van der Waals surface area (Å²) in [7, 11) is -3.30. The van der Waals surface area contributed by atoms with Gasteiger partial charge in [0.05, 0.1) is 6.04 Å². The van der Waals surface area contributed by atoms with Gasteiger partial charge in [-0.15, -0.1) is 10.2 Å². The van der Waals surface area contributed by atoms with Gasteiger partial charge in [0.2, 0.25) is 11.8 Å². The first-order valence-electron chi connectivity index (χ1n) is 6.00. The second kappa shape index (κ2) is 5.36. The highest BCUT2D eigenvalue weighted by Gasteiger charge is 2.38. The Morgan fingerprint density at radius 1 is 1.33 bits per heavy atom. The number of sulfone groups is 1. The lowest BCUT2D eigenvalue weighted by atomic mass is 10.2. The van der Waals surface area contributed by atoms with E-state index in [0.29, 0.717) is 5.89 Å². The minimum atomic E-state index is -3.30. The molecule has 1 unspecified atom stereocenters. The van der Waals surface area contributed by atoms with Gasteiger partial charge in [-0.05, 0) is 26.8 Å². The van der Waals surface area contributed by atoms with Crippen molar-refractivity contribution in [2.24, 2.45) is 0 Å². The van der Waals surface area contributed by atoms with Crippen LogP contribution in [0.25, 0.3) is 0 Å². The van der Waals surface area contributed by atoms with Crippen molar-refractivity contribution < 1.29 is 12.8 Å². The Morgan fingerprint density at radius 2 is 1.94 bits per heavy atom. The Morgan fingerprint density at radius 3 is 2.39 bits per heavy atom. The Labute approximate surface area is 108 Å². The van der Waals surface area contributed by atoms with E-state index in [1.54, 1.807) is 13.8 Å². The maximum atomic E-state index is 11.7. The van der Waals surface area contributed by atoms with E-state index in [2.05, 4.69) is 15.5 Å². The maximum Gasteiger partial charge on any atom is 0.237 e. The van der Waals surface area contributed by atoms with Crippen molar-refractivity contribution in [3.05, 3.63) is 11.8 Å². The van der Waals surface area contributed by atoms with Gasteiger partial charge in [0.25, 0.3) is 0 Å². The highest BCUT2D eigenvalue weighted by atomic mass is 32.2. The van der Waals surface area contributed by atoms with Crippen LogP contribution in [0.15, 0.2) is 4.42 Å². The second-order valence-electron chi connectivity index (χ2n) is 4.75. The van der Waals surface area contributed by atoms with E-state index < -0.39 is 14.6 Å². The van der Waals surface area contributed by atoms with Gasteiger partial charge in [-0.1, -0.05) is 13.8 Å². The molecule has 7 heteroatoms. The largest absolute Gasteiger partial charge is 0.422 e. The Hall–Kier alpha value is -0.950. The molecule has 0 aromatic carbocycles. The molecule has 18 heavy (non-hydrogen) atoms. The van der Waals surface area contributed by atoms with Crippen LogP contribution in [-0.2, 0) is 14.6 Å². The summed E-state index contributed by atoms with van der Waals surface area (Å²) in [5.41, 5.74) is 0. The van der Waals surface area contributed by atoms with Gasteiger partial charge < -0.3 is 9.73 Å². The smallest absolute Gasteiger partial charge is 0.237 e. The third-order valence-electron chi connectivity index (χ3n) is 3.04. The molecule has 0 aliphatic rings. The molecule has 0 fully saturated rings. The summed E-state index contributed by atoms with van der Waals surface area (Å²) in [6.07, 6.45) is 1.97. The molecular formula is C11H21N3O3S. The highest BCUT2D eigenvalue weighted by Crippen LogP contribution is 2.29. The molecule has 104 valence electrons. The van der Waals surface area contributed by atoms with Crippen molar-refractivity contribution in [1.82, 2.24) is 15.5 Å². The molecule has 6 nitrogen and oxygen atoms in total. The van der Waals surface area contributed by atoms with Gasteiger partial charge in [-0.3, -0.25) is 0 Å². The van der Waals surface area contributed by atoms with E-state index in [0.717, 1.165) is 13.0 Å². The second-order valence-corrected chi connectivity index (χ2v) is 7.31. The van der Waals surface area contributed by atoms with E-state index in [1.807, 2.05) is 13.8 Å². The number of aromatic nitrogens is 2. The van der Waals surface area contributed by atoms with E-state index in [1.165, 1.54) is 6.26 Å². The summed E-state index contributed by atoms with van der Waals surface area (Å²) >= 11 is 0. The summed E-state index contributed by atoms with van der Waals surface area (Å²) in [6, 6.07) is -0.0355. The fraction of sp³-hybridized carbons (Fsp3) is 0.818. The van der Waals surface area contributed by atoms with Gasteiger partial charge in [-0.25, -0.2) is 8.42 Å². The zero-order chi connectivity index (χ0) is 14.0. The third kappa shape index (κ3) is 2.89. The number of nitrogens with one attached hydrogen (secondary N) is 1. The van der Waals surface area contributed by atoms with Gasteiger partial charge in [0.15, 0.2) is 9.84 Å². The van der Waals surface area contributed by atoms with Crippen LogP contribution in [-0.4, -0.2) is 31.4 Å². The summed E-state index contributed by atoms with van der Waals surface area (Å²) in [5, 5.41) is 11.0. The van der Waals surface area contributed by atoms with Crippen molar-refractivity contribution in [2.45, 2.75) is 44.9 Å². The van der Waals surface area contributed by atoms with E-state index >= 15 is 0 Å². The van der Waals surface area contributed by atoms with Crippen LogP contribution in [0.4, 0.5) is 0 Å². The molecule has 0 bridgehead atoms. The van der Waals surface area contributed by atoms with Gasteiger partial charge in [0.1, 0.15) is 4.75 Å². The predicted molar refractivity (Wildman–Crippen MR) is 68.9 cm³/mol. The standard InChI is InChI=1S/C11H21N3O3S/c1-6-8(12-7-2)9-13-14-10(17-9)11(3,4)18(5,15)16/h8,12H,6-7H2,1-5H3. The first-order valence-corrected chi connectivity index (χ1v) is 7.90. The lowest BCUT2D eigenvalue weighted by Gasteiger charge is -2.17. The van der Waals surface area contributed by atoms with Crippen LogP contribution in [0.5, 0.6) is 0 Å². The number of nitrogens with zero attached hydrogens (tertiary/aromatic N) is 2. The summed E-state index contributed by atoms with van der Waals surface area (Å²) < 4.78 is 27.7. The van der Waals surface area contributed by atoms with E-state index in [4.69, 9.17) is 4.42 Å². The topological polar surface area (TPSA) is 85.1 Å². The zero-order valence-corrected chi connectivity index (χ0v) is 12.3. The molecule has 1 aromatic heterocycles. The van der Waals surface area contributed by atoms with Crippen LogP contribution in [0.3, 0.4) is 0 Å². The van der Waals surface area contributed by atoms with Crippen molar-refractivity contribution in [2.75, 3.05) is 12.8 Å². The van der Waals surface area contributed by atoms with Gasteiger partial charge >= 0.3 is 0 Å². The normalized spacial score (nSPS) is 14.7. The molecule has 0 aliphatic carbocycles. The van der Waals surface area contributed by atoms with Crippen molar-refractivity contribution in [3.63, 3.8) is 0 Å². The minimum absolute atomic E-state index is 0.0355. The molecule has 1 heterocycles. The average molecular weight is 275 g/mol. The molecule has 0 amide bonds. The zero-order valence-electron chi connectivity index (χ0n) is 11.5. The third-order valence-corrected chi connectivity index (χ3v) is 5.07. The number of hydrogen-bond donors (Lipinski definition) is 1. The monoisotopic (exact) mass is 275 g/mol. The molecule has 1 atom stereocenters. The van der Waals surface area contributed by atoms with E-state index in [-0.39, 0.29) is 11.9 Å². The Bertz CT molecular complexity index is 493. The van der Waals surface area contributed by atoms with Crippen LogP contribution >= 0.6 is 0 Å². The SMILES string of the molecule is CCNC(CC)c1nnc(C(C)(C)S(C)(=O)=O)o1. The lowest BCUT2D eigenvalue weighted by Crippen LogP contribution is -2.28. The van der Waals surface area contributed by atoms with Crippen LogP contribution in [0, 0.1) is 0 Å². The fourth-order valence-electron chi connectivity index (χ4n) is 1.43. The van der Waals surface area contributed by atoms with E-state index in [9.17, 15) is 8.42 Å². The molecule has 0 saturated carbocycles. The summed E-state index contributed by atoms with van der Waals surface area (Å²) in [5.74, 6) is 0.572. The first-order chi connectivity index (χ1) is 8.24. The molecule has 1 aromatic rings. The van der Waals surface area contributed by atoms with Crippen molar-refractivity contribution >= 4 is 9.84 Å². The van der Waals surface area contributed by atoms with Gasteiger partial charge in [0, 0.05) is 6.26 Å². The van der Waals surface area contributed by atoms with Crippen LogP contribution in [0.2, 0.25) is 0 Å². The highest BCUT2D eigenvalue weighted by molar-refractivity contribution is 7.91. The molecule has 0 aliphatic heterocycles. The summed E-state index contributed by atoms with van der Waals surface area (Å²) in [6.45, 7) is 7.90. The number of hydrogen-bond acceptors (Lipinski definition) is 6. The molecule has 0 spiro atoms. The molecule has 1 N–H and O–H groups in total. The molecule has 0 radical (unpaired) electrons. The van der Waals surface area contributed by atoms with Crippen LogP contribution in [0.1, 0.15) is 51.9 Å². The quantitative estimate of drug-likeness (QED) is 0.845. The Kier molecular flexibility index (Phi) is 4.50. The fourth-order valence-corrected chi connectivity index (χ4v) is 1.83. The predicted octanol–water partition coefficient (Wildman–Crippen LogP) is 1.41. The van der Waals surface area contributed by atoms with Gasteiger partial charge in [-0.2, -0.15) is 0 Å². The first kappa shape index (κ1) is 15.1. The van der Waals surface area contributed by atoms with Crippen molar-refractivity contribution in [1.29, 1.82) is 0 Å².